The fourth-order valence-corrected chi connectivity index (χ4v) is 2.37. The van der Waals surface area contributed by atoms with Gasteiger partial charge in [-0.25, -0.2) is 0 Å². The van der Waals surface area contributed by atoms with E-state index in [0.29, 0.717) is 18.4 Å². The average Bonchev–Trinajstić information content (AvgIpc) is 2.55. The van der Waals surface area contributed by atoms with Gasteiger partial charge in [0.2, 0.25) is 0 Å². The fourth-order valence-electron chi connectivity index (χ4n) is 2.37. The van der Waals surface area contributed by atoms with Crippen LogP contribution in [-0.4, -0.2) is 22.7 Å². The van der Waals surface area contributed by atoms with Gasteiger partial charge in [0.05, 0.1) is 5.71 Å². The molecule has 0 atom stereocenters. The number of nitrogens with zero attached hydrogens (tertiary/aromatic N) is 2. The van der Waals surface area contributed by atoms with Crippen LogP contribution in [0.5, 0.6) is 0 Å². The number of nitrogens with one attached hydrogen (secondary N) is 2. The zero-order valence-electron chi connectivity index (χ0n) is 13.6. The number of carbonyl (C=O) groups excluding carboxylic acids is 1. The summed E-state index contributed by atoms with van der Waals surface area (Å²) in [7, 11) is 0. The third kappa shape index (κ3) is 4.45. The molecule has 23 heavy (non-hydrogen) atoms. The summed E-state index contributed by atoms with van der Waals surface area (Å²) in [6.07, 6.45) is 10.6. The molecule has 5 heteroatoms. The minimum Gasteiger partial charge on any atom is -0.386 e. The molecule has 1 aromatic rings. The fraction of sp³-hybridized carbons (Fsp3) is 0.333. The normalized spacial score (nSPS) is 15.7. The third-order valence-electron chi connectivity index (χ3n) is 3.70. The number of aryl methyl sites for hydroxylation is 2. The molecule has 0 saturated heterocycles. The van der Waals surface area contributed by atoms with E-state index in [1.54, 1.807) is 12.3 Å². The number of hydrogen-bond acceptors (Lipinski definition) is 5. The van der Waals surface area contributed by atoms with Gasteiger partial charge < -0.3 is 10.7 Å². The number of carbonyl (C=O) groups is 1. The van der Waals surface area contributed by atoms with Crippen molar-refractivity contribution < 1.29 is 4.79 Å². The summed E-state index contributed by atoms with van der Waals surface area (Å²) in [5, 5.41) is 11.0. The number of unbranched alkanes of at least 4 members (excludes halogenated alkanes) is 1. The van der Waals surface area contributed by atoms with E-state index in [1.165, 1.54) is 18.2 Å². The maximum absolute atomic E-state index is 11.0. The Bertz CT molecular complexity index is 686. The molecule has 0 saturated carbocycles. The summed E-state index contributed by atoms with van der Waals surface area (Å²) in [6.45, 7) is 4.85. The molecule has 0 amide bonds. The Morgan fingerprint density at radius 3 is 2.91 bits per heavy atom. The zero-order chi connectivity index (χ0) is 16.7. The predicted octanol–water partition coefficient (Wildman–Crippen LogP) is 2.89. The van der Waals surface area contributed by atoms with Crippen molar-refractivity contribution in [2.24, 2.45) is 4.99 Å². The van der Waals surface area contributed by atoms with E-state index in [4.69, 9.17) is 5.41 Å². The molecule has 0 unspecified atom stereocenters. The van der Waals surface area contributed by atoms with Gasteiger partial charge in [-0.3, -0.25) is 14.8 Å². The minimum atomic E-state index is 0.272. The lowest BCUT2D eigenvalue weighted by Crippen LogP contribution is -2.18. The van der Waals surface area contributed by atoms with Gasteiger partial charge in [-0.05, 0) is 37.0 Å². The van der Waals surface area contributed by atoms with Gasteiger partial charge in [0, 0.05) is 36.4 Å². The van der Waals surface area contributed by atoms with Crippen LogP contribution in [0.3, 0.4) is 0 Å². The molecular formula is C18H22N4O. The van der Waals surface area contributed by atoms with E-state index in [-0.39, 0.29) is 11.4 Å². The molecule has 120 valence electrons. The number of aromatic nitrogens is 1. The molecule has 0 spiro atoms. The summed E-state index contributed by atoms with van der Waals surface area (Å²) in [6, 6.07) is 2.13. The first-order valence-corrected chi connectivity index (χ1v) is 7.82. The summed E-state index contributed by atoms with van der Waals surface area (Å²) >= 11 is 0. The van der Waals surface area contributed by atoms with E-state index in [1.807, 2.05) is 6.20 Å². The first kappa shape index (κ1) is 16.8. The standard InChI is InChI=1S/C18H22N4O/c1-3-4-5-17-13(2)8-14(10-22-17)9-20-11-15-16(19)6-7-21-18(15)12-23/h6-8,10-12,19-20H,3-5,9H2,1-2H3/b15-11+,19-16?. The Morgan fingerprint density at radius 2 is 2.22 bits per heavy atom. The van der Waals surface area contributed by atoms with Crippen molar-refractivity contribution in [2.45, 2.75) is 39.7 Å². The van der Waals surface area contributed by atoms with Crippen molar-refractivity contribution in [3.05, 3.63) is 53.1 Å². The van der Waals surface area contributed by atoms with Crippen LogP contribution in [0.15, 0.2) is 41.3 Å². The highest BCUT2D eigenvalue weighted by atomic mass is 16.1. The van der Waals surface area contributed by atoms with Gasteiger partial charge in [-0.1, -0.05) is 19.4 Å². The molecule has 1 aliphatic rings. The molecule has 0 aliphatic carbocycles. The molecule has 1 aliphatic heterocycles. The van der Waals surface area contributed by atoms with Crippen molar-refractivity contribution in [3.63, 3.8) is 0 Å². The van der Waals surface area contributed by atoms with Crippen LogP contribution in [0, 0.1) is 12.3 Å². The second kappa shape index (κ2) is 8.17. The molecule has 5 nitrogen and oxygen atoms in total. The van der Waals surface area contributed by atoms with Crippen LogP contribution in [0.2, 0.25) is 0 Å². The van der Waals surface area contributed by atoms with Gasteiger partial charge >= 0.3 is 0 Å². The van der Waals surface area contributed by atoms with E-state index in [9.17, 15) is 4.79 Å². The molecule has 0 radical (unpaired) electrons. The Morgan fingerprint density at radius 1 is 1.39 bits per heavy atom. The maximum Gasteiger partial charge on any atom is 0.169 e. The lowest BCUT2D eigenvalue weighted by molar-refractivity contribution is -0.102. The number of hydrogen-bond donors (Lipinski definition) is 2. The summed E-state index contributed by atoms with van der Waals surface area (Å²) in [5.41, 5.74) is 4.49. The highest BCUT2D eigenvalue weighted by Crippen LogP contribution is 2.11. The van der Waals surface area contributed by atoms with Crippen LogP contribution in [-0.2, 0) is 17.8 Å². The number of aldehydes is 1. The summed E-state index contributed by atoms with van der Waals surface area (Å²) in [4.78, 5) is 19.5. The smallest absolute Gasteiger partial charge is 0.169 e. The van der Waals surface area contributed by atoms with Crippen molar-refractivity contribution in [3.8, 4) is 0 Å². The van der Waals surface area contributed by atoms with Crippen LogP contribution in [0.4, 0.5) is 0 Å². The van der Waals surface area contributed by atoms with Crippen molar-refractivity contribution in [1.82, 2.24) is 10.3 Å². The van der Waals surface area contributed by atoms with Gasteiger partial charge in [-0.2, -0.15) is 0 Å². The molecular weight excluding hydrogens is 288 g/mol. The number of rotatable bonds is 7. The number of allylic oxidation sites excluding steroid dienone is 2. The molecule has 2 rings (SSSR count). The first-order chi connectivity index (χ1) is 11.2. The van der Waals surface area contributed by atoms with Crippen molar-refractivity contribution in [1.29, 1.82) is 5.41 Å². The highest BCUT2D eigenvalue weighted by molar-refractivity contribution is 6.46. The second-order valence-corrected chi connectivity index (χ2v) is 5.51. The average molecular weight is 310 g/mol. The largest absolute Gasteiger partial charge is 0.386 e. The lowest BCUT2D eigenvalue weighted by atomic mass is 10.0. The van der Waals surface area contributed by atoms with Gasteiger partial charge in [0.25, 0.3) is 0 Å². The van der Waals surface area contributed by atoms with Crippen molar-refractivity contribution >= 4 is 17.7 Å². The molecule has 2 N–H and O–H groups in total. The highest BCUT2D eigenvalue weighted by Gasteiger charge is 2.12. The number of pyridine rings is 1. The van der Waals surface area contributed by atoms with E-state index >= 15 is 0 Å². The van der Waals surface area contributed by atoms with Gasteiger partial charge in [0.1, 0.15) is 5.71 Å². The molecule has 0 bridgehead atoms. The van der Waals surface area contributed by atoms with Crippen molar-refractivity contribution in [2.75, 3.05) is 0 Å². The molecule has 0 fully saturated rings. The second-order valence-electron chi connectivity index (χ2n) is 5.51. The Balaban J connectivity index is 2.01. The lowest BCUT2D eigenvalue weighted by Gasteiger charge is -2.10. The number of aliphatic imine (C=N–C) groups is 1. The Hall–Kier alpha value is -2.56. The van der Waals surface area contributed by atoms with Gasteiger partial charge in [-0.15, -0.1) is 0 Å². The summed E-state index contributed by atoms with van der Waals surface area (Å²) in [5.74, 6) is 0. The SMILES string of the molecule is CCCCc1ncc(CN/C=C2\C(=N)C=CN=C2C=O)cc1C. The maximum atomic E-state index is 11.0. The zero-order valence-corrected chi connectivity index (χ0v) is 13.6. The summed E-state index contributed by atoms with van der Waals surface area (Å²) < 4.78 is 0. The van der Waals surface area contributed by atoms with Crippen LogP contribution >= 0.6 is 0 Å². The molecule has 0 aromatic carbocycles. The van der Waals surface area contributed by atoms with E-state index < -0.39 is 0 Å². The first-order valence-electron chi connectivity index (χ1n) is 7.82. The minimum absolute atomic E-state index is 0.272. The molecule has 2 heterocycles. The Kier molecular flexibility index (Phi) is 5.97. The quantitative estimate of drug-likeness (QED) is 0.760. The van der Waals surface area contributed by atoms with E-state index in [0.717, 1.165) is 24.1 Å². The molecule has 1 aromatic heterocycles. The third-order valence-corrected chi connectivity index (χ3v) is 3.70. The van der Waals surface area contributed by atoms with Crippen LogP contribution < -0.4 is 5.32 Å². The van der Waals surface area contributed by atoms with Gasteiger partial charge in [0.15, 0.2) is 6.29 Å². The topological polar surface area (TPSA) is 78.2 Å². The van der Waals surface area contributed by atoms with Crippen LogP contribution in [0.25, 0.3) is 0 Å². The predicted molar refractivity (Wildman–Crippen MR) is 92.9 cm³/mol. The van der Waals surface area contributed by atoms with Crippen LogP contribution in [0.1, 0.15) is 36.6 Å². The monoisotopic (exact) mass is 310 g/mol. The van der Waals surface area contributed by atoms with E-state index in [2.05, 4.69) is 35.2 Å². The Labute approximate surface area is 136 Å².